The highest BCUT2D eigenvalue weighted by Crippen LogP contribution is 2.24. The molecule has 0 N–H and O–H groups in total. The third-order valence-corrected chi connectivity index (χ3v) is 7.59. The van der Waals surface area contributed by atoms with Crippen molar-refractivity contribution in [1.82, 2.24) is 4.31 Å². The number of benzene rings is 1. The summed E-state index contributed by atoms with van der Waals surface area (Å²) in [4.78, 5) is 12.2. The van der Waals surface area contributed by atoms with Crippen LogP contribution in [0.2, 0.25) is 0 Å². The van der Waals surface area contributed by atoms with Gasteiger partial charge in [0.2, 0.25) is 10.0 Å². The topological polar surface area (TPSA) is 63.7 Å². The highest BCUT2D eigenvalue weighted by Gasteiger charge is 2.24. The van der Waals surface area contributed by atoms with Crippen molar-refractivity contribution in [3.8, 4) is 0 Å². The Kier molecular flexibility index (Phi) is 7.68. The fourth-order valence-corrected chi connectivity index (χ4v) is 5.47. The molecule has 6 heteroatoms. The van der Waals surface area contributed by atoms with Crippen LogP contribution < -0.4 is 0 Å². The van der Waals surface area contributed by atoms with Gasteiger partial charge in [0.05, 0.1) is 11.5 Å². The Labute approximate surface area is 168 Å². The Bertz CT molecular complexity index is 756. The van der Waals surface area contributed by atoms with Gasteiger partial charge < -0.3 is 4.74 Å². The van der Waals surface area contributed by atoms with E-state index in [0.29, 0.717) is 30.5 Å². The standard InChI is InChI=1S/C22H31NO4S/c24-22(27-18-20-8-4-3-5-9-20)15-12-19-10-13-21(14-11-19)28(25,26)23-16-6-1-2-7-17-23/h10-15,20H,1-9,16-18H2/b15-12+. The lowest BCUT2D eigenvalue weighted by Gasteiger charge is -2.20. The van der Waals surface area contributed by atoms with Crippen LogP contribution in [0.1, 0.15) is 63.4 Å². The highest BCUT2D eigenvalue weighted by atomic mass is 32.2. The highest BCUT2D eigenvalue weighted by molar-refractivity contribution is 7.89. The number of rotatable bonds is 6. The van der Waals surface area contributed by atoms with Crippen LogP contribution in [0.4, 0.5) is 0 Å². The molecule has 0 amide bonds. The summed E-state index contributed by atoms with van der Waals surface area (Å²) in [5.41, 5.74) is 0.782. The Balaban J connectivity index is 1.54. The van der Waals surface area contributed by atoms with Gasteiger partial charge in [0, 0.05) is 19.2 Å². The van der Waals surface area contributed by atoms with E-state index < -0.39 is 10.0 Å². The number of esters is 1. The van der Waals surface area contributed by atoms with E-state index in [-0.39, 0.29) is 5.97 Å². The van der Waals surface area contributed by atoms with Gasteiger partial charge in [-0.1, -0.05) is 44.2 Å². The van der Waals surface area contributed by atoms with Gasteiger partial charge in [0.15, 0.2) is 0 Å². The molecule has 2 fully saturated rings. The molecule has 1 aromatic carbocycles. The van der Waals surface area contributed by atoms with E-state index in [2.05, 4.69) is 0 Å². The SMILES string of the molecule is O=C(/C=C/c1ccc(S(=O)(=O)N2CCCCCC2)cc1)OCC1CCCCC1. The van der Waals surface area contributed by atoms with E-state index >= 15 is 0 Å². The average molecular weight is 406 g/mol. The number of hydrogen-bond donors (Lipinski definition) is 0. The third kappa shape index (κ3) is 5.92. The van der Waals surface area contributed by atoms with Crippen molar-refractivity contribution in [3.63, 3.8) is 0 Å². The van der Waals surface area contributed by atoms with Crippen molar-refractivity contribution in [2.75, 3.05) is 19.7 Å². The number of carbonyl (C=O) groups excluding carboxylic acids is 1. The first-order valence-corrected chi connectivity index (χ1v) is 11.9. The van der Waals surface area contributed by atoms with Gasteiger partial charge in [-0.2, -0.15) is 4.31 Å². The second-order valence-electron chi connectivity index (χ2n) is 7.85. The van der Waals surface area contributed by atoms with Gasteiger partial charge in [-0.3, -0.25) is 0 Å². The summed E-state index contributed by atoms with van der Waals surface area (Å²) in [6.45, 7) is 1.68. The summed E-state index contributed by atoms with van der Waals surface area (Å²) in [5.74, 6) is 0.154. The molecule has 0 unspecified atom stereocenters. The number of sulfonamides is 1. The second kappa shape index (κ2) is 10.2. The molecule has 2 aliphatic rings. The van der Waals surface area contributed by atoms with Crippen molar-refractivity contribution in [2.24, 2.45) is 5.92 Å². The zero-order valence-corrected chi connectivity index (χ0v) is 17.3. The Morgan fingerprint density at radius 1 is 0.964 bits per heavy atom. The van der Waals surface area contributed by atoms with Crippen LogP contribution in [-0.2, 0) is 19.6 Å². The Hall–Kier alpha value is -1.66. The Morgan fingerprint density at radius 2 is 1.57 bits per heavy atom. The summed E-state index contributed by atoms with van der Waals surface area (Å²) in [6.07, 6.45) is 13.1. The number of carbonyl (C=O) groups is 1. The molecular weight excluding hydrogens is 374 g/mol. The van der Waals surface area contributed by atoms with Crippen molar-refractivity contribution in [2.45, 2.75) is 62.7 Å². The zero-order valence-electron chi connectivity index (χ0n) is 16.5. The summed E-state index contributed by atoms with van der Waals surface area (Å²) in [7, 11) is -3.44. The van der Waals surface area contributed by atoms with Crippen molar-refractivity contribution >= 4 is 22.1 Å². The monoisotopic (exact) mass is 405 g/mol. The second-order valence-corrected chi connectivity index (χ2v) is 9.79. The van der Waals surface area contributed by atoms with Crippen molar-refractivity contribution in [1.29, 1.82) is 0 Å². The predicted octanol–water partition coefficient (Wildman–Crippen LogP) is 4.39. The lowest BCUT2D eigenvalue weighted by atomic mass is 9.90. The summed E-state index contributed by atoms with van der Waals surface area (Å²) >= 11 is 0. The van der Waals surface area contributed by atoms with Crippen LogP contribution in [0.3, 0.4) is 0 Å². The van der Waals surface area contributed by atoms with E-state index in [1.54, 1.807) is 34.6 Å². The van der Waals surface area contributed by atoms with Gasteiger partial charge in [0.1, 0.15) is 0 Å². The molecule has 1 aliphatic heterocycles. The van der Waals surface area contributed by atoms with Crippen LogP contribution in [0.25, 0.3) is 6.08 Å². The number of nitrogens with zero attached hydrogens (tertiary/aromatic N) is 1. The summed E-state index contributed by atoms with van der Waals surface area (Å²) in [6, 6.07) is 6.70. The summed E-state index contributed by atoms with van der Waals surface area (Å²) in [5, 5.41) is 0. The lowest BCUT2D eigenvalue weighted by Crippen LogP contribution is -2.31. The minimum atomic E-state index is -3.44. The van der Waals surface area contributed by atoms with Gasteiger partial charge in [-0.15, -0.1) is 0 Å². The summed E-state index contributed by atoms with van der Waals surface area (Å²) < 4.78 is 32.5. The first-order chi connectivity index (χ1) is 13.6. The molecule has 1 saturated carbocycles. The maximum Gasteiger partial charge on any atom is 0.330 e. The van der Waals surface area contributed by atoms with Crippen LogP contribution in [0.5, 0.6) is 0 Å². The fraction of sp³-hybridized carbons (Fsp3) is 0.591. The predicted molar refractivity (Wildman–Crippen MR) is 110 cm³/mol. The maximum absolute atomic E-state index is 12.8. The first-order valence-electron chi connectivity index (χ1n) is 10.5. The molecule has 0 spiro atoms. The first kappa shape index (κ1) is 21.1. The lowest BCUT2D eigenvalue weighted by molar-refractivity contribution is -0.139. The van der Waals surface area contributed by atoms with Gasteiger partial charge in [-0.25, -0.2) is 13.2 Å². The van der Waals surface area contributed by atoms with Gasteiger partial charge >= 0.3 is 5.97 Å². The smallest absolute Gasteiger partial charge is 0.330 e. The van der Waals surface area contributed by atoms with Crippen molar-refractivity contribution in [3.05, 3.63) is 35.9 Å². The minimum absolute atomic E-state index is 0.312. The third-order valence-electron chi connectivity index (χ3n) is 5.68. The average Bonchev–Trinajstić information content (AvgIpc) is 3.02. The van der Waals surface area contributed by atoms with E-state index in [4.69, 9.17) is 4.74 Å². The molecule has 154 valence electrons. The molecule has 1 aromatic rings. The molecule has 3 rings (SSSR count). The number of hydrogen-bond acceptors (Lipinski definition) is 4. The largest absolute Gasteiger partial charge is 0.462 e. The van der Waals surface area contributed by atoms with Crippen LogP contribution >= 0.6 is 0 Å². The van der Waals surface area contributed by atoms with Crippen LogP contribution in [-0.4, -0.2) is 38.4 Å². The van der Waals surface area contributed by atoms with Crippen LogP contribution in [0.15, 0.2) is 35.2 Å². The minimum Gasteiger partial charge on any atom is -0.462 e. The van der Waals surface area contributed by atoms with Crippen molar-refractivity contribution < 1.29 is 17.9 Å². The quantitative estimate of drug-likeness (QED) is 0.520. The molecule has 0 bridgehead atoms. The molecule has 0 aromatic heterocycles. The Morgan fingerprint density at radius 3 is 2.21 bits per heavy atom. The number of ether oxygens (including phenoxy) is 1. The van der Waals surface area contributed by atoms with Gasteiger partial charge in [0.25, 0.3) is 0 Å². The maximum atomic E-state index is 12.8. The normalized spacial score (nSPS) is 20.1. The fourth-order valence-electron chi connectivity index (χ4n) is 3.95. The van der Waals surface area contributed by atoms with Crippen LogP contribution in [0, 0.1) is 5.92 Å². The molecule has 5 nitrogen and oxygen atoms in total. The van der Waals surface area contributed by atoms with E-state index in [1.807, 2.05) is 0 Å². The van der Waals surface area contributed by atoms with E-state index in [9.17, 15) is 13.2 Å². The molecular formula is C22H31NO4S. The molecule has 28 heavy (non-hydrogen) atoms. The molecule has 0 radical (unpaired) electrons. The molecule has 1 heterocycles. The molecule has 1 saturated heterocycles. The molecule has 1 aliphatic carbocycles. The van der Waals surface area contributed by atoms with E-state index in [0.717, 1.165) is 44.1 Å². The van der Waals surface area contributed by atoms with Gasteiger partial charge in [-0.05, 0) is 55.4 Å². The zero-order chi connectivity index (χ0) is 19.8. The molecule has 0 atom stereocenters. The van der Waals surface area contributed by atoms with E-state index in [1.165, 1.54) is 25.3 Å².